The molecule has 2 fully saturated rings. The van der Waals surface area contributed by atoms with E-state index in [0.29, 0.717) is 62.9 Å². The molecule has 0 radical (unpaired) electrons. The molecule has 2 aromatic rings. The fraction of sp³-hybridized carbons (Fsp3) is 0.676. The first kappa shape index (κ1) is 84.9. The van der Waals surface area contributed by atoms with Crippen LogP contribution in [-0.2, 0) is 57.4 Å². The third-order valence-electron chi connectivity index (χ3n) is 18.3. The topological polar surface area (TPSA) is 347 Å². The van der Waals surface area contributed by atoms with Gasteiger partial charge in [0.05, 0.1) is 60.6 Å². The molecule has 13 atom stereocenters. The third kappa shape index (κ3) is 25.7. The van der Waals surface area contributed by atoms with Gasteiger partial charge in [-0.05, 0) is 107 Å². The maximum Gasteiger partial charge on any atom is 0.410 e. The fourth-order valence-corrected chi connectivity index (χ4v) is 13.1. The van der Waals surface area contributed by atoms with Crippen molar-refractivity contribution in [3.63, 3.8) is 0 Å². The zero-order chi connectivity index (χ0) is 73.7. The molecule has 27 heteroatoms. The van der Waals surface area contributed by atoms with Crippen molar-refractivity contribution in [1.82, 2.24) is 46.2 Å². The lowest BCUT2D eigenvalue weighted by molar-refractivity contribution is -0.148. The number of ether oxygens (including phenoxy) is 3. The third-order valence-corrected chi connectivity index (χ3v) is 19.2. The van der Waals surface area contributed by atoms with Crippen LogP contribution in [0.4, 0.5) is 15.3 Å². The summed E-state index contributed by atoms with van der Waals surface area (Å²) in [4.78, 5) is 149. The molecule has 2 aromatic carbocycles. The van der Waals surface area contributed by atoms with Gasteiger partial charge in [-0.1, -0.05) is 123 Å². The van der Waals surface area contributed by atoms with Crippen molar-refractivity contribution in [1.29, 1.82) is 0 Å². The van der Waals surface area contributed by atoms with Crippen molar-refractivity contribution >= 4 is 82.7 Å². The van der Waals surface area contributed by atoms with Gasteiger partial charge >= 0.3 is 12.1 Å². The van der Waals surface area contributed by atoms with Crippen LogP contribution in [0.5, 0.6) is 0 Å². The Balaban J connectivity index is 0.000000531. The summed E-state index contributed by atoms with van der Waals surface area (Å²) in [7, 11) is 6.26. The first-order valence-electron chi connectivity index (χ1n) is 34.5. The summed E-state index contributed by atoms with van der Waals surface area (Å²) >= 11 is 1.38. The Kier molecular flexibility index (Phi) is 36.9. The Morgan fingerprint density at radius 3 is 1.94 bits per heavy atom. The average Bonchev–Trinajstić information content (AvgIpc) is 1.16. The molecule has 12 amide bonds. The summed E-state index contributed by atoms with van der Waals surface area (Å²) in [5, 5.41) is 27.2. The van der Waals surface area contributed by atoms with E-state index in [2.05, 4.69) is 31.9 Å². The first-order valence-corrected chi connectivity index (χ1v) is 35.8. The van der Waals surface area contributed by atoms with E-state index >= 15 is 0 Å². The molecule has 9 N–H and O–H groups in total. The van der Waals surface area contributed by atoms with Crippen LogP contribution in [0.25, 0.3) is 0 Å². The van der Waals surface area contributed by atoms with E-state index in [-0.39, 0.29) is 109 Å². The molecule has 98 heavy (non-hydrogen) atoms. The van der Waals surface area contributed by atoms with E-state index in [1.165, 1.54) is 42.8 Å². The number of thioether (sulfide) groups is 1. The van der Waals surface area contributed by atoms with Crippen LogP contribution in [-0.4, -0.2) is 211 Å². The van der Waals surface area contributed by atoms with Gasteiger partial charge in [-0.15, -0.1) is 0 Å². The number of aliphatic hydroxyl groups excluding tert-OH is 1. The number of imide groups is 1. The molecule has 0 spiro atoms. The van der Waals surface area contributed by atoms with Crippen molar-refractivity contribution in [3.8, 4) is 0 Å². The number of unbranched alkanes of at least 4 members (excludes halogenated alkanes) is 2. The molecule has 2 aliphatic heterocycles. The number of benzene rings is 2. The number of nitrogens with two attached hydrogens (primary N) is 1. The number of rotatable bonds is 38. The van der Waals surface area contributed by atoms with E-state index in [1.807, 2.05) is 97.2 Å². The number of anilines is 1. The van der Waals surface area contributed by atoms with E-state index in [0.717, 1.165) is 12.0 Å². The fourth-order valence-electron chi connectivity index (χ4n) is 12.4. The summed E-state index contributed by atoms with van der Waals surface area (Å²) in [6, 6.07) is 10.7. The van der Waals surface area contributed by atoms with E-state index in [9.17, 15) is 57.8 Å². The molecule has 3 unspecified atom stereocenters. The maximum atomic E-state index is 14.3. The van der Waals surface area contributed by atoms with Gasteiger partial charge in [0.1, 0.15) is 24.2 Å². The highest BCUT2D eigenvalue weighted by Gasteiger charge is 2.44. The summed E-state index contributed by atoms with van der Waals surface area (Å²) < 4.78 is 17.1. The second kappa shape index (κ2) is 42.6. The summed E-state index contributed by atoms with van der Waals surface area (Å²) in [5.74, 6) is -4.29. The Morgan fingerprint density at radius 2 is 1.39 bits per heavy atom. The number of carbonyl (C=O) groups is 11. The molecule has 26 nitrogen and oxygen atoms in total. The number of nitrogens with one attached hydrogen (secondary N) is 6. The van der Waals surface area contributed by atoms with Crippen molar-refractivity contribution in [3.05, 3.63) is 65.7 Å². The van der Waals surface area contributed by atoms with E-state index in [1.54, 1.807) is 63.6 Å². The molecule has 0 aromatic heterocycles. The molecule has 2 aliphatic rings. The summed E-state index contributed by atoms with van der Waals surface area (Å²) in [6.45, 7) is 23.3. The van der Waals surface area contributed by atoms with E-state index < -0.39 is 90.3 Å². The number of methoxy groups -OCH3 is 2. The molecule has 0 aliphatic carbocycles. The predicted octanol–water partition coefficient (Wildman–Crippen LogP) is 6.46. The molecular formula is C71H115N11O15S. The molecule has 4 rings (SSSR count). The second-order valence-electron chi connectivity index (χ2n) is 26.7. The Hall–Kier alpha value is -7.36. The summed E-state index contributed by atoms with van der Waals surface area (Å²) in [5.41, 5.74) is 7.43. The minimum absolute atomic E-state index is 0.0184. The Bertz CT molecular complexity index is 2910. The highest BCUT2D eigenvalue weighted by Crippen LogP contribution is 2.31. The second-order valence-corrected chi connectivity index (χ2v) is 27.8. The number of aryl methyl sites for hydroxylation is 1. The van der Waals surface area contributed by atoms with E-state index in [4.69, 9.17) is 19.9 Å². The Morgan fingerprint density at radius 1 is 0.745 bits per heavy atom. The minimum Gasteiger partial charge on any atom is -0.450 e. The van der Waals surface area contributed by atoms with Crippen molar-refractivity contribution in [2.75, 3.05) is 66.1 Å². The van der Waals surface area contributed by atoms with Crippen LogP contribution in [0.2, 0.25) is 0 Å². The number of nitrogens with zero attached hydrogens (tertiary/aromatic N) is 4. The van der Waals surface area contributed by atoms with Crippen LogP contribution in [0.15, 0.2) is 54.6 Å². The highest BCUT2D eigenvalue weighted by molar-refractivity contribution is 8.00. The lowest BCUT2D eigenvalue weighted by Gasteiger charge is -2.41. The number of amides is 12. The van der Waals surface area contributed by atoms with Crippen molar-refractivity contribution in [2.45, 2.75) is 220 Å². The van der Waals surface area contributed by atoms with Crippen LogP contribution in [0.3, 0.4) is 0 Å². The molecule has 0 bridgehead atoms. The van der Waals surface area contributed by atoms with Crippen LogP contribution in [0.1, 0.15) is 164 Å². The SMILES string of the molecule is CCOC(=O)N(C)[C@H](C(=O)N[C@H](C(=O)N(C)C([C@@H](C)CC)[C@@H](CC(=O)N1CCC[C@H]1[C@H](OC)[C@@H](C)C(=O)N[C@H](C)[C@@H](O)c1ccccc1)OC)C(C)C)C(C)C.CSC1CC(=O)N(CCCCCC(=O)NC(C(=O)N[C@@H](CCCNC(N)=O)C(=O)Nc2ccc(C)cc2)C(C)C)C1=O. The smallest absolute Gasteiger partial charge is 0.410 e. The Labute approximate surface area is 585 Å². The molecule has 0 saturated carbocycles. The van der Waals surface area contributed by atoms with Crippen molar-refractivity contribution < 1.29 is 72.1 Å². The zero-order valence-corrected chi connectivity index (χ0v) is 61.8. The highest BCUT2D eigenvalue weighted by atomic mass is 32.2. The number of likely N-dealkylation sites (N-methyl/N-ethyl adjacent to an activating group) is 2. The lowest BCUT2D eigenvalue weighted by atomic mass is 9.89. The van der Waals surface area contributed by atoms with Gasteiger partial charge < -0.3 is 66.8 Å². The van der Waals surface area contributed by atoms with Gasteiger partial charge in [-0.3, -0.25) is 53.0 Å². The van der Waals surface area contributed by atoms with Crippen LogP contribution < -0.4 is 37.6 Å². The van der Waals surface area contributed by atoms with Gasteiger partial charge in [0.15, 0.2) is 0 Å². The molecule has 550 valence electrons. The summed E-state index contributed by atoms with van der Waals surface area (Å²) in [6.07, 6.45) is 3.88. The zero-order valence-electron chi connectivity index (χ0n) is 61.0. The predicted molar refractivity (Wildman–Crippen MR) is 378 cm³/mol. The van der Waals surface area contributed by atoms with Crippen LogP contribution in [0, 0.1) is 36.5 Å². The quantitative estimate of drug-likeness (QED) is 0.0264. The van der Waals surface area contributed by atoms with Crippen LogP contribution >= 0.6 is 11.8 Å². The largest absolute Gasteiger partial charge is 0.450 e. The monoisotopic (exact) mass is 1390 g/mol. The van der Waals surface area contributed by atoms with Gasteiger partial charge in [0, 0.05) is 66.5 Å². The number of urea groups is 1. The minimum atomic E-state index is -0.918. The lowest BCUT2D eigenvalue weighted by Crippen LogP contribution is -2.60. The van der Waals surface area contributed by atoms with Gasteiger partial charge in [0.25, 0.3) is 0 Å². The van der Waals surface area contributed by atoms with Gasteiger partial charge in [0.2, 0.25) is 53.2 Å². The van der Waals surface area contributed by atoms with Gasteiger partial charge in [-0.2, -0.15) is 11.8 Å². The number of hydrogen-bond donors (Lipinski definition) is 8. The average molecular weight is 1390 g/mol. The standard InChI is InChI=1S/C42H71N5O9.C29H44N6O6S/c1-14-27(7)36(45(10)41(52)34(25(3)4)44-40(51)35(26(5)6)46(11)42(53)56-15-2)32(54-12)24-33(48)47-23-19-22-31(47)38(55-13)28(8)39(50)43-29(9)37(49)30-20-17-16-18-21-30;1-18(2)25(34-23(36)10-6-5-7-16-35-24(37)17-22(42-4)28(35)40)27(39)33-21(9-8-15-31-29(30)41)26(38)32-20-13-11-19(3)12-14-20/h16-18,20-21,25-29,31-32,34-38,49H,14-15,19,22-24H2,1-13H3,(H,43,50)(H,44,51);11-14,18,21-22,25H,5-10,15-17H2,1-4H3,(H,32,38)(H,33,39)(H,34,36)(H3,30,31,41)/t27-,28+,29+,31-,32+,34-,35-,36?,37+,38+;21-,22?,25?/m00/s1. The number of hydrogen-bond acceptors (Lipinski definition) is 16. The number of carbonyl (C=O) groups excluding carboxylic acids is 11. The first-order chi connectivity index (χ1) is 46.3. The number of primary amides is 1. The molecule has 2 heterocycles. The normalized spacial score (nSPS) is 17.9. The molecule has 2 saturated heterocycles. The molecular weight excluding hydrogens is 1280 g/mol. The number of likely N-dealkylation sites (tertiary alicyclic amines) is 2. The number of aliphatic hydroxyl groups is 1. The maximum absolute atomic E-state index is 14.3. The van der Waals surface area contributed by atoms with Crippen molar-refractivity contribution in [2.24, 2.45) is 35.3 Å². The van der Waals surface area contributed by atoms with Gasteiger partial charge in [-0.25, -0.2) is 9.59 Å².